The molecule has 0 atom stereocenters. The summed E-state index contributed by atoms with van der Waals surface area (Å²) in [6.07, 6.45) is 0.119. The Labute approximate surface area is 170 Å². The lowest BCUT2D eigenvalue weighted by atomic mass is 10.3. The molecule has 0 saturated heterocycles. The average Bonchev–Trinajstić information content (AvgIpc) is 2.67. The number of ether oxygens (including phenoxy) is 2. The summed E-state index contributed by atoms with van der Waals surface area (Å²) < 4.78 is 37.1. The van der Waals surface area contributed by atoms with Crippen LogP contribution in [0.3, 0.4) is 0 Å². The number of carbonyl (C=O) groups is 1. The van der Waals surface area contributed by atoms with Gasteiger partial charge >= 0.3 is 0 Å². The first-order valence-corrected chi connectivity index (χ1v) is 9.79. The lowest BCUT2D eigenvalue weighted by Gasteiger charge is -2.10. The lowest BCUT2D eigenvalue weighted by molar-refractivity contribution is -0.116. The third kappa shape index (κ3) is 7.35. The second-order valence-corrected chi connectivity index (χ2v) is 7.30. The standard InChI is InChI=1S/C18H23N3O5S.ClH/c1-25-15-5-7-16(8-6-15)26-12-9-18(22)21-14-3-2-4-17(13-14)27(23,24)20-11-10-19;/h2-8,13,20H,9-12,19H2,1H3,(H,21,22);1H. The number of hydrogen-bond acceptors (Lipinski definition) is 6. The van der Waals surface area contributed by atoms with Gasteiger partial charge < -0.3 is 20.5 Å². The summed E-state index contributed by atoms with van der Waals surface area (Å²) in [5.74, 6) is 1.06. The first-order valence-electron chi connectivity index (χ1n) is 8.31. The molecule has 0 aliphatic heterocycles. The van der Waals surface area contributed by atoms with E-state index in [0.717, 1.165) is 5.75 Å². The molecule has 10 heteroatoms. The molecule has 8 nitrogen and oxygen atoms in total. The first-order chi connectivity index (χ1) is 12.9. The molecular weight excluding hydrogens is 406 g/mol. The van der Waals surface area contributed by atoms with Crippen LogP contribution in [-0.2, 0) is 14.8 Å². The summed E-state index contributed by atoms with van der Waals surface area (Å²) in [6, 6.07) is 13.0. The number of sulfonamides is 1. The molecule has 154 valence electrons. The van der Waals surface area contributed by atoms with E-state index in [0.29, 0.717) is 11.4 Å². The Bertz CT molecular complexity index is 860. The van der Waals surface area contributed by atoms with Crippen molar-refractivity contribution in [3.05, 3.63) is 48.5 Å². The van der Waals surface area contributed by atoms with Gasteiger partial charge in [0.05, 0.1) is 25.0 Å². The van der Waals surface area contributed by atoms with E-state index in [-0.39, 0.29) is 49.3 Å². The van der Waals surface area contributed by atoms with Crippen LogP contribution in [0.1, 0.15) is 6.42 Å². The van der Waals surface area contributed by atoms with E-state index in [1.54, 1.807) is 43.5 Å². The van der Waals surface area contributed by atoms with Gasteiger partial charge in [-0.15, -0.1) is 12.4 Å². The quantitative estimate of drug-likeness (QED) is 0.529. The van der Waals surface area contributed by atoms with Crippen molar-refractivity contribution >= 4 is 34.0 Å². The van der Waals surface area contributed by atoms with E-state index in [9.17, 15) is 13.2 Å². The number of carbonyl (C=O) groups excluding carboxylic acids is 1. The number of anilines is 1. The number of rotatable bonds is 10. The highest BCUT2D eigenvalue weighted by Crippen LogP contribution is 2.18. The average molecular weight is 430 g/mol. The number of amides is 1. The molecule has 0 unspecified atom stereocenters. The van der Waals surface area contributed by atoms with E-state index in [2.05, 4.69) is 10.0 Å². The Morgan fingerprint density at radius 3 is 2.43 bits per heavy atom. The molecule has 0 fully saturated rings. The van der Waals surface area contributed by atoms with Crippen LogP contribution in [-0.4, -0.2) is 41.1 Å². The summed E-state index contributed by atoms with van der Waals surface area (Å²) in [5.41, 5.74) is 5.70. The minimum Gasteiger partial charge on any atom is -0.497 e. The van der Waals surface area contributed by atoms with Crippen molar-refractivity contribution in [2.45, 2.75) is 11.3 Å². The second kappa shape index (κ2) is 11.5. The zero-order valence-electron chi connectivity index (χ0n) is 15.4. The highest BCUT2D eigenvalue weighted by atomic mass is 35.5. The third-order valence-electron chi connectivity index (χ3n) is 3.52. The van der Waals surface area contributed by atoms with Crippen LogP contribution < -0.4 is 25.2 Å². The van der Waals surface area contributed by atoms with Gasteiger partial charge in [-0.1, -0.05) is 6.07 Å². The smallest absolute Gasteiger partial charge is 0.240 e. The Morgan fingerprint density at radius 1 is 1.11 bits per heavy atom. The summed E-state index contributed by atoms with van der Waals surface area (Å²) in [7, 11) is -2.08. The van der Waals surface area contributed by atoms with E-state index in [1.807, 2.05) is 0 Å². The first kappa shape index (κ1) is 23.7. The van der Waals surface area contributed by atoms with Crippen LogP contribution in [0.2, 0.25) is 0 Å². The Hall–Kier alpha value is -2.33. The fourth-order valence-electron chi connectivity index (χ4n) is 2.17. The predicted molar refractivity (Wildman–Crippen MR) is 110 cm³/mol. The molecule has 2 aromatic rings. The Morgan fingerprint density at radius 2 is 1.79 bits per heavy atom. The van der Waals surface area contributed by atoms with E-state index >= 15 is 0 Å². The molecule has 0 bridgehead atoms. The molecule has 0 aliphatic rings. The highest BCUT2D eigenvalue weighted by molar-refractivity contribution is 7.89. The van der Waals surface area contributed by atoms with Crippen LogP contribution in [0.15, 0.2) is 53.4 Å². The highest BCUT2D eigenvalue weighted by Gasteiger charge is 2.14. The van der Waals surface area contributed by atoms with E-state index in [1.165, 1.54) is 12.1 Å². The zero-order chi connectivity index (χ0) is 19.7. The minimum absolute atomic E-state index is 0. The van der Waals surface area contributed by atoms with Gasteiger partial charge in [0, 0.05) is 18.8 Å². The van der Waals surface area contributed by atoms with Gasteiger partial charge in [0.1, 0.15) is 11.5 Å². The maximum absolute atomic E-state index is 12.1. The van der Waals surface area contributed by atoms with Crippen molar-refractivity contribution < 1.29 is 22.7 Å². The number of methoxy groups -OCH3 is 1. The van der Waals surface area contributed by atoms with Gasteiger partial charge in [0.15, 0.2) is 0 Å². The maximum Gasteiger partial charge on any atom is 0.240 e. The molecule has 28 heavy (non-hydrogen) atoms. The van der Waals surface area contributed by atoms with Crippen molar-refractivity contribution in [3.8, 4) is 11.5 Å². The normalized spacial score (nSPS) is 10.6. The molecule has 2 aromatic carbocycles. The SMILES string of the molecule is COc1ccc(OCCC(=O)Nc2cccc(S(=O)(=O)NCCN)c2)cc1.Cl. The molecule has 0 aliphatic carbocycles. The van der Waals surface area contributed by atoms with Crippen molar-refractivity contribution in [3.63, 3.8) is 0 Å². The summed E-state index contributed by atoms with van der Waals surface area (Å²) in [6.45, 7) is 0.527. The van der Waals surface area contributed by atoms with Gasteiger partial charge in [0.2, 0.25) is 15.9 Å². The van der Waals surface area contributed by atoms with Gasteiger partial charge in [0.25, 0.3) is 0 Å². The molecule has 2 rings (SSSR count). The van der Waals surface area contributed by atoms with Crippen LogP contribution in [0.25, 0.3) is 0 Å². The molecule has 1 amide bonds. The van der Waals surface area contributed by atoms with Crippen molar-refractivity contribution in [1.29, 1.82) is 0 Å². The molecule has 0 radical (unpaired) electrons. The Kier molecular flexibility index (Phi) is 9.74. The van der Waals surface area contributed by atoms with Crippen LogP contribution in [0, 0.1) is 0 Å². The molecular formula is C18H24ClN3O5S. The van der Waals surface area contributed by atoms with Crippen LogP contribution in [0.4, 0.5) is 5.69 Å². The van der Waals surface area contributed by atoms with Crippen LogP contribution >= 0.6 is 12.4 Å². The summed E-state index contributed by atoms with van der Waals surface area (Å²) in [5, 5.41) is 2.66. The van der Waals surface area contributed by atoms with E-state index < -0.39 is 10.0 Å². The number of hydrogen-bond donors (Lipinski definition) is 3. The molecule has 0 saturated carbocycles. The number of nitrogens with two attached hydrogens (primary N) is 1. The largest absolute Gasteiger partial charge is 0.497 e. The van der Waals surface area contributed by atoms with Gasteiger partial charge in [-0.25, -0.2) is 13.1 Å². The fourth-order valence-corrected chi connectivity index (χ4v) is 3.27. The zero-order valence-corrected chi connectivity index (χ0v) is 17.0. The second-order valence-electron chi connectivity index (χ2n) is 5.54. The third-order valence-corrected chi connectivity index (χ3v) is 4.98. The fraction of sp³-hybridized carbons (Fsp3) is 0.278. The van der Waals surface area contributed by atoms with Crippen molar-refractivity contribution in [1.82, 2.24) is 4.72 Å². The van der Waals surface area contributed by atoms with Crippen molar-refractivity contribution in [2.24, 2.45) is 5.73 Å². The minimum atomic E-state index is -3.66. The lowest BCUT2D eigenvalue weighted by Crippen LogP contribution is -2.29. The number of benzene rings is 2. The van der Waals surface area contributed by atoms with Gasteiger partial charge in [-0.05, 0) is 42.5 Å². The predicted octanol–water partition coefficient (Wildman–Crippen LogP) is 1.76. The van der Waals surface area contributed by atoms with Gasteiger partial charge in [-0.2, -0.15) is 0 Å². The molecule has 0 heterocycles. The maximum atomic E-state index is 12.1. The summed E-state index contributed by atoms with van der Waals surface area (Å²) in [4.78, 5) is 12.1. The topological polar surface area (TPSA) is 120 Å². The monoisotopic (exact) mass is 429 g/mol. The molecule has 4 N–H and O–H groups in total. The number of halogens is 1. The summed E-state index contributed by atoms with van der Waals surface area (Å²) >= 11 is 0. The van der Waals surface area contributed by atoms with Gasteiger partial charge in [-0.3, -0.25) is 4.79 Å². The Balaban J connectivity index is 0.00000392. The van der Waals surface area contributed by atoms with E-state index in [4.69, 9.17) is 15.2 Å². The van der Waals surface area contributed by atoms with Crippen LogP contribution in [0.5, 0.6) is 11.5 Å². The number of nitrogens with one attached hydrogen (secondary N) is 2. The molecule has 0 spiro atoms. The molecule has 0 aromatic heterocycles. The van der Waals surface area contributed by atoms with Crippen molar-refractivity contribution in [2.75, 3.05) is 32.1 Å².